The molecule has 2 unspecified atom stereocenters. The van der Waals surface area contributed by atoms with Crippen LogP contribution in [0, 0.1) is 17.3 Å². The Balaban J connectivity index is 1.04. The van der Waals surface area contributed by atoms with Gasteiger partial charge >= 0.3 is 12.1 Å². The number of nitrogens with zero attached hydrogens (tertiary/aromatic N) is 8. The lowest BCUT2D eigenvalue weighted by Crippen LogP contribution is -2.73. The van der Waals surface area contributed by atoms with Gasteiger partial charge in [-0.2, -0.15) is 13.2 Å². The molecule has 1 aromatic carbocycles. The Bertz CT molecular complexity index is 2760. The molecule has 0 saturated carbocycles. The molecule has 7 saturated heterocycles. The van der Waals surface area contributed by atoms with Crippen molar-refractivity contribution in [3.63, 3.8) is 0 Å². The number of amides is 3. The number of esters is 1. The van der Waals surface area contributed by atoms with Crippen molar-refractivity contribution in [2.24, 2.45) is 17.3 Å². The highest BCUT2D eigenvalue weighted by Crippen LogP contribution is 2.50. The summed E-state index contributed by atoms with van der Waals surface area (Å²) in [6, 6.07) is 4.34. The molecule has 7 fully saturated rings. The van der Waals surface area contributed by atoms with Crippen LogP contribution in [0.3, 0.4) is 0 Å². The Kier molecular flexibility index (Phi) is 15.2. The van der Waals surface area contributed by atoms with Crippen LogP contribution in [0.5, 0.6) is 0 Å². The van der Waals surface area contributed by atoms with Crippen molar-refractivity contribution in [3.05, 3.63) is 47.3 Å². The minimum atomic E-state index is -4.60. The molecule has 18 nitrogen and oxygen atoms in total. The fourth-order valence-corrected chi connectivity index (χ4v) is 14.7. The first-order valence-corrected chi connectivity index (χ1v) is 28.4. The van der Waals surface area contributed by atoms with E-state index in [9.17, 15) is 9.59 Å². The van der Waals surface area contributed by atoms with E-state index in [0.29, 0.717) is 105 Å². The molecule has 0 radical (unpaired) electrons. The molecule has 21 heteroatoms. The number of benzene rings is 1. The number of morpholine rings is 2. The topological polar surface area (TPSA) is 167 Å². The zero-order chi connectivity index (χ0) is 55.0. The van der Waals surface area contributed by atoms with Crippen molar-refractivity contribution in [3.8, 4) is 11.3 Å². The number of likely N-dealkylation sites (N-methyl/N-ethyl adjacent to an activating group) is 1. The zero-order valence-electron chi connectivity index (χ0n) is 46.4. The Labute approximate surface area is 455 Å². The van der Waals surface area contributed by atoms with E-state index in [-0.39, 0.29) is 61.3 Å². The number of alkyl halides is 3. The summed E-state index contributed by atoms with van der Waals surface area (Å²) in [5.74, 6) is -1.05. The van der Waals surface area contributed by atoms with Gasteiger partial charge in [0, 0.05) is 118 Å². The van der Waals surface area contributed by atoms with Gasteiger partial charge in [0.05, 0.1) is 62.1 Å². The highest BCUT2D eigenvalue weighted by Gasteiger charge is 2.59. The maximum absolute atomic E-state index is 15.7. The maximum Gasteiger partial charge on any atom is 0.406 e. The van der Waals surface area contributed by atoms with Crippen LogP contribution in [-0.2, 0) is 51.1 Å². The SMILES string of the molecule is CO[C@@H](C)c1ncc(C2CN(C)C2)cc1-c1c2c3cc(ccc3n1CC(F)(F)F)N1CCO[C@H](C1)[C@@H](N1CCOCC1)[C@H](NC(=O)[C@@H]1C(C)C3CN(C(C)=O)C[C@@]4(CCCN14)C3)C(=O)N1CCC[C@H](N1)C(=O)OCC(C)(C)C2. The number of cyclic esters (lactones) is 1. The number of piperidine rings is 2. The number of methoxy groups -OCH3 is 1. The average molecular weight is 1090 g/mol. The number of hydrogen-bond donors (Lipinski definition) is 2. The first-order chi connectivity index (χ1) is 37.2. The molecule has 1 spiro atoms. The summed E-state index contributed by atoms with van der Waals surface area (Å²) in [7, 11) is 3.61. The smallest absolute Gasteiger partial charge is 0.406 e. The largest absolute Gasteiger partial charge is 0.464 e. The van der Waals surface area contributed by atoms with Crippen molar-refractivity contribution < 1.29 is 51.3 Å². The Hall–Kier alpha value is -4.90. The maximum atomic E-state index is 15.7. The van der Waals surface area contributed by atoms with Crippen LogP contribution < -0.4 is 15.6 Å². The zero-order valence-corrected chi connectivity index (χ0v) is 46.4. The van der Waals surface area contributed by atoms with Gasteiger partial charge in [-0.25, -0.2) is 5.43 Å². The minimum Gasteiger partial charge on any atom is -0.464 e. The summed E-state index contributed by atoms with van der Waals surface area (Å²) in [5, 5.41) is 5.52. The number of halogens is 3. The van der Waals surface area contributed by atoms with Crippen LogP contribution in [0.15, 0.2) is 30.5 Å². The summed E-state index contributed by atoms with van der Waals surface area (Å²) in [6.07, 6.45) is -0.201. The number of ether oxygens (including phenoxy) is 4. The van der Waals surface area contributed by atoms with Crippen molar-refractivity contribution >= 4 is 40.3 Å². The molecule has 2 N–H and O–H groups in total. The van der Waals surface area contributed by atoms with Gasteiger partial charge in [0.1, 0.15) is 18.6 Å². The standard InChI is InChI=1S/C57H79F3N10O8/c1-34-38-24-56(31-67(29-38)36(3)71)13-9-14-69(56)49(34)52(72)62-48-51(65-16-19-76-20-17-65)46-30-66(18-21-77-46)40-11-12-45-41(23-40)43(25-55(4,5)33-78-54(74)44-10-8-15-70(63-44)53(48)73)50(68(45)32-57(58,59)60)42-22-37(39-27-64(6)28-39)26-61-47(42)35(2)75-7/h11-12,22-23,26,34-35,38-39,44,46,48-49,51,63H,8-10,13-21,24-25,27-33H2,1-7H3,(H,62,72)/t34?,35-,38?,44-,46+,48-,49-,51+,56+/m0/s1. The lowest BCUT2D eigenvalue weighted by molar-refractivity contribution is -0.160. The number of hydrogen-bond acceptors (Lipinski definition) is 14. The third-order valence-corrected chi connectivity index (χ3v) is 18.7. The van der Waals surface area contributed by atoms with Gasteiger partial charge in [-0.05, 0) is 106 Å². The fraction of sp³-hybridized carbons (Fsp3) is 0.702. The van der Waals surface area contributed by atoms with Gasteiger partial charge in [-0.1, -0.05) is 20.8 Å². The van der Waals surface area contributed by atoms with E-state index in [0.717, 1.165) is 43.6 Å². The molecule has 11 rings (SSSR count). The van der Waals surface area contributed by atoms with Crippen molar-refractivity contribution in [1.29, 1.82) is 0 Å². The number of pyridine rings is 1. The predicted molar refractivity (Wildman–Crippen MR) is 285 cm³/mol. The van der Waals surface area contributed by atoms with Crippen LogP contribution in [0.25, 0.3) is 22.2 Å². The van der Waals surface area contributed by atoms with E-state index in [1.54, 1.807) is 20.1 Å². The van der Waals surface area contributed by atoms with E-state index < -0.39 is 66.4 Å². The molecule has 8 bridgehead atoms. The minimum absolute atomic E-state index is 0.0330. The second-order valence-corrected chi connectivity index (χ2v) is 24.7. The molecule has 3 amide bonds. The van der Waals surface area contributed by atoms with Crippen molar-refractivity contribution in [2.75, 3.05) is 111 Å². The number of likely N-dealkylation sites (tertiary alicyclic amines) is 2. The Morgan fingerprint density at radius 2 is 1.79 bits per heavy atom. The quantitative estimate of drug-likeness (QED) is 0.298. The number of aromatic nitrogens is 2. The molecule has 10 heterocycles. The molecule has 426 valence electrons. The van der Waals surface area contributed by atoms with E-state index in [1.807, 2.05) is 57.1 Å². The van der Waals surface area contributed by atoms with Gasteiger partial charge in [-0.15, -0.1) is 0 Å². The Morgan fingerprint density at radius 1 is 1.01 bits per heavy atom. The van der Waals surface area contributed by atoms with E-state index in [2.05, 4.69) is 37.3 Å². The molecular weight excluding hydrogens is 1010 g/mol. The molecule has 3 aromatic rings. The number of anilines is 1. The molecule has 8 aliphatic rings. The highest BCUT2D eigenvalue weighted by molar-refractivity contribution is 5.95. The van der Waals surface area contributed by atoms with Crippen molar-refractivity contribution in [1.82, 2.24) is 44.9 Å². The van der Waals surface area contributed by atoms with Gasteiger partial charge in [0.25, 0.3) is 5.91 Å². The highest BCUT2D eigenvalue weighted by atomic mass is 19.4. The summed E-state index contributed by atoms with van der Waals surface area (Å²) >= 11 is 0. The normalized spacial score (nSPS) is 31.1. The molecule has 9 atom stereocenters. The third-order valence-electron chi connectivity index (χ3n) is 18.7. The van der Waals surface area contributed by atoms with Crippen LogP contribution in [-0.4, -0.2) is 206 Å². The first kappa shape index (κ1) is 55.0. The summed E-state index contributed by atoms with van der Waals surface area (Å²) < 4.78 is 71.8. The number of carbonyl (C=O) groups excluding carboxylic acids is 4. The summed E-state index contributed by atoms with van der Waals surface area (Å²) in [5.41, 5.74) is 6.37. The van der Waals surface area contributed by atoms with Gasteiger partial charge in [0.15, 0.2) is 0 Å². The van der Waals surface area contributed by atoms with E-state index in [4.69, 9.17) is 23.9 Å². The Morgan fingerprint density at radius 3 is 2.53 bits per heavy atom. The third kappa shape index (κ3) is 10.5. The monoisotopic (exact) mass is 1090 g/mol. The van der Waals surface area contributed by atoms with Gasteiger partial charge in [-0.3, -0.25) is 39.0 Å². The molecule has 2 aromatic heterocycles. The molecule has 78 heavy (non-hydrogen) atoms. The number of nitrogens with one attached hydrogen (secondary N) is 2. The number of hydrazine groups is 1. The van der Waals surface area contributed by atoms with Crippen LogP contribution in [0.1, 0.15) is 95.6 Å². The second-order valence-electron chi connectivity index (χ2n) is 24.7. The predicted octanol–water partition coefficient (Wildman–Crippen LogP) is 4.74. The number of carbonyl (C=O) groups is 4. The van der Waals surface area contributed by atoms with Gasteiger partial charge in [0.2, 0.25) is 11.8 Å². The van der Waals surface area contributed by atoms with Crippen LogP contribution in [0.4, 0.5) is 18.9 Å². The lowest BCUT2D eigenvalue weighted by Gasteiger charge is -2.58. The second kappa shape index (κ2) is 21.5. The average Bonchev–Trinajstić information content (AvgIpc) is 3.98. The van der Waals surface area contributed by atoms with Crippen LogP contribution in [0.2, 0.25) is 0 Å². The molecule has 8 aliphatic heterocycles. The van der Waals surface area contributed by atoms with E-state index >= 15 is 22.8 Å². The van der Waals surface area contributed by atoms with Crippen LogP contribution >= 0.6 is 0 Å². The lowest BCUT2D eigenvalue weighted by atomic mass is 9.68. The summed E-state index contributed by atoms with van der Waals surface area (Å²) in [6.45, 7) is 14.6. The number of rotatable bonds is 8. The molecule has 0 aliphatic carbocycles. The van der Waals surface area contributed by atoms with Gasteiger partial charge < -0.3 is 43.5 Å². The van der Waals surface area contributed by atoms with E-state index in [1.165, 1.54) is 9.58 Å². The van der Waals surface area contributed by atoms with Crippen molar-refractivity contribution in [2.45, 2.75) is 134 Å². The fourth-order valence-electron chi connectivity index (χ4n) is 14.7. The molecular formula is C57H79F3N10O8. The first-order valence-electron chi connectivity index (χ1n) is 28.4. The number of fused-ring (bicyclic) bond motifs is 7. The summed E-state index contributed by atoms with van der Waals surface area (Å²) in [4.78, 5) is 74.3.